The maximum atomic E-state index is 3.65. The van der Waals surface area contributed by atoms with Gasteiger partial charge in [0.2, 0.25) is 0 Å². The largest absolute Gasteiger partial charge is 0.315 e. The Kier molecular flexibility index (Phi) is 6.66. The molecule has 0 bridgehead atoms. The molecule has 3 unspecified atom stereocenters. The zero-order chi connectivity index (χ0) is 13.5. The monoisotopic (exact) mass is 266 g/mol. The summed E-state index contributed by atoms with van der Waals surface area (Å²) < 4.78 is 0. The molecule has 1 heterocycles. The van der Waals surface area contributed by atoms with Crippen LogP contribution in [0.2, 0.25) is 0 Å². The second-order valence-corrected chi connectivity index (χ2v) is 6.73. The van der Waals surface area contributed by atoms with Crippen LogP contribution in [0.25, 0.3) is 0 Å². The van der Waals surface area contributed by atoms with Crippen LogP contribution < -0.4 is 5.32 Å². The van der Waals surface area contributed by atoms with Gasteiger partial charge in [-0.15, -0.1) is 0 Å². The molecule has 0 aromatic heterocycles. The van der Waals surface area contributed by atoms with Gasteiger partial charge >= 0.3 is 0 Å². The van der Waals surface area contributed by atoms with E-state index in [1.165, 1.54) is 77.5 Å². The number of piperidine rings is 1. The highest BCUT2D eigenvalue weighted by Gasteiger charge is 2.33. The molecule has 19 heavy (non-hydrogen) atoms. The van der Waals surface area contributed by atoms with Crippen LogP contribution in [-0.2, 0) is 0 Å². The van der Waals surface area contributed by atoms with Crippen LogP contribution in [-0.4, -0.2) is 37.1 Å². The first kappa shape index (κ1) is 15.3. The summed E-state index contributed by atoms with van der Waals surface area (Å²) >= 11 is 0. The van der Waals surface area contributed by atoms with Crippen LogP contribution in [0.1, 0.15) is 65.2 Å². The van der Waals surface area contributed by atoms with Crippen LogP contribution in [0.3, 0.4) is 0 Å². The summed E-state index contributed by atoms with van der Waals surface area (Å²) in [7, 11) is 0. The summed E-state index contributed by atoms with van der Waals surface area (Å²) in [5, 5.41) is 3.65. The van der Waals surface area contributed by atoms with Crippen LogP contribution in [0.4, 0.5) is 0 Å². The minimum absolute atomic E-state index is 0.791. The number of nitrogens with one attached hydrogen (secondary N) is 1. The third-order valence-corrected chi connectivity index (χ3v) is 5.27. The molecule has 1 aliphatic heterocycles. The number of likely N-dealkylation sites (tertiary alicyclic amines) is 1. The Morgan fingerprint density at radius 2 is 1.84 bits per heavy atom. The smallest absolute Gasteiger partial charge is 0.0220 e. The third kappa shape index (κ3) is 4.46. The minimum atomic E-state index is 0.791. The molecule has 3 atom stereocenters. The van der Waals surface area contributed by atoms with E-state index in [0.717, 1.165) is 17.9 Å². The second kappa shape index (κ2) is 8.26. The fourth-order valence-electron chi connectivity index (χ4n) is 4.15. The molecule has 2 nitrogen and oxygen atoms in total. The van der Waals surface area contributed by atoms with Crippen LogP contribution in [0.5, 0.6) is 0 Å². The summed E-state index contributed by atoms with van der Waals surface area (Å²) in [4.78, 5) is 2.82. The Balaban J connectivity index is 1.82. The Labute approximate surface area is 120 Å². The highest BCUT2D eigenvalue weighted by atomic mass is 15.2. The molecule has 0 aromatic carbocycles. The van der Waals surface area contributed by atoms with E-state index >= 15 is 0 Å². The quantitative estimate of drug-likeness (QED) is 0.707. The predicted octanol–water partition coefficient (Wildman–Crippen LogP) is 3.67. The van der Waals surface area contributed by atoms with E-state index in [1.54, 1.807) is 0 Å². The average molecular weight is 266 g/mol. The summed E-state index contributed by atoms with van der Waals surface area (Å²) in [6.45, 7) is 9.73. The van der Waals surface area contributed by atoms with Gasteiger partial charge in [-0.1, -0.05) is 39.5 Å². The average Bonchev–Trinajstić information content (AvgIpc) is 2.46. The Bertz CT molecular complexity index is 241. The first-order valence-corrected chi connectivity index (χ1v) is 8.79. The van der Waals surface area contributed by atoms with Crippen molar-refractivity contribution in [3.63, 3.8) is 0 Å². The number of fused-ring (bicyclic) bond motifs is 1. The number of rotatable bonds is 7. The van der Waals surface area contributed by atoms with Crippen molar-refractivity contribution < 1.29 is 0 Å². The molecular weight excluding hydrogens is 232 g/mol. The zero-order valence-corrected chi connectivity index (χ0v) is 13.2. The molecule has 2 rings (SSSR count). The predicted molar refractivity (Wildman–Crippen MR) is 83.5 cm³/mol. The van der Waals surface area contributed by atoms with E-state index in [2.05, 4.69) is 24.1 Å². The Morgan fingerprint density at radius 3 is 2.58 bits per heavy atom. The molecular formula is C17H34N2. The van der Waals surface area contributed by atoms with Gasteiger partial charge in [-0.05, 0) is 50.6 Å². The molecule has 0 radical (unpaired) electrons. The lowest BCUT2D eigenvalue weighted by atomic mass is 9.75. The number of hydrogen-bond acceptors (Lipinski definition) is 2. The van der Waals surface area contributed by atoms with E-state index in [0.29, 0.717) is 0 Å². The van der Waals surface area contributed by atoms with Gasteiger partial charge in [-0.3, -0.25) is 4.90 Å². The maximum Gasteiger partial charge on any atom is 0.0220 e. The van der Waals surface area contributed by atoms with Gasteiger partial charge in [-0.25, -0.2) is 0 Å². The molecule has 2 aliphatic rings. The SMILES string of the molecule is CCCNCC(CCC)N1CCC2CCCCC2C1. The fraction of sp³-hybridized carbons (Fsp3) is 1.00. The van der Waals surface area contributed by atoms with Crippen molar-refractivity contribution in [1.82, 2.24) is 10.2 Å². The van der Waals surface area contributed by atoms with Crippen molar-refractivity contribution in [3.05, 3.63) is 0 Å². The normalized spacial score (nSPS) is 30.0. The maximum absolute atomic E-state index is 3.65. The van der Waals surface area contributed by atoms with Crippen molar-refractivity contribution in [2.24, 2.45) is 11.8 Å². The van der Waals surface area contributed by atoms with E-state index < -0.39 is 0 Å². The minimum Gasteiger partial charge on any atom is -0.315 e. The van der Waals surface area contributed by atoms with Crippen LogP contribution in [0, 0.1) is 11.8 Å². The fourth-order valence-corrected chi connectivity index (χ4v) is 4.15. The van der Waals surface area contributed by atoms with Crippen molar-refractivity contribution in [1.29, 1.82) is 0 Å². The molecule has 1 aliphatic carbocycles. The van der Waals surface area contributed by atoms with Crippen LogP contribution >= 0.6 is 0 Å². The van der Waals surface area contributed by atoms with E-state index in [-0.39, 0.29) is 0 Å². The summed E-state index contributed by atoms with van der Waals surface area (Å²) in [6, 6.07) is 0.791. The highest BCUT2D eigenvalue weighted by Crippen LogP contribution is 2.36. The third-order valence-electron chi connectivity index (χ3n) is 5.27. The first-order chi connectivity index (χ1) is 9.35. The number of nitrogens with zero attached hydrogens (tertiary/aromatic N) is 1. The van der Waals surface area contributed by atoms with Crippen LogP contribution in [0.15, 0.2) is 0 Å². The molecule has 2 heteroatoms. The topological polar surface area (TPSA) is 15.3 Å². The van der Waals surface area contributed by atoms with Gasteiger partial charge in [-0.2, -0.15) is 0 Å². The lowest BCUT2D eigenvalue weighted by Gasteiger charge is -2.44. The van der Waals surface area contributed by atoms with Crippen molar-refractivity contribution in [2.75, 3.05) is 26.2 Å². The summed E-state index contributed by atoms with van der Waals surface area (Å²) in [5.74, 6) is 2.09. The highest BCUT2D eigenvalue weighted by molar-refractivity contribution is 4.87. The number of hydrogen-bond donors (Lipinski definition) is 1. The summed E-state index contributed by atoms with van der Waals surface area (Å²) in [5.41, 5.74) is 0. The van der Waals surface area contributed by atoms with Crippen molar-refractivity contribution in [2.45, 2.75) is 71.3 Å². The van der Waals surface area contributed by atoms with Gasteiger partial charge in [0.15, 0.2) is 0 Å². The molecule has 2 fully saturated rings. The first-order valence-electron chi connectivity index (χ1n) is 8.79. The molecule has 1 N–H and O–H groups in total. The lowest BCUT2D eigenvalue weighted by Crippen LogP contribution is -2.50. The van der Waals surface area contributed by atoms with E-state index in [9.17, 15) is 0 Å². The molecule has 1 saturated carbocycles. The van der Waals surface area contributed by atoms with Gasteiger partial charge < -0.3 is 5.32 Å². The molecule has 1 saturated heterocycles. The molecule has 0 amide bonds. The van der Waals surface area contributed by atoms with Gasteiger partial charge in [0.05, 0.1) is 0 Å². The van der Waals surface area contributed by atoms with E-state index in [1.807, 2.05) is 0 Å². The Hall–Kier alpha value is -0.0800. The summed E-state index contributed by atoms with van der Waals surface area (Å²) in [6.07, 6.45) is 11.4. The Morgan fingerprint density at radius 1 is 1.05 bits per heavy atom. The van der Waals surface area contributed by atoms with Gasteiger partial charge in [0, 0.05) is 19.1 Å². The zero-order valence-electron chi connectivity index (χ0n) is 13.2. The lowest BCUT2D eigenvalue weighted by molar-refractivity contribution is 0.0534. The molecule has 0 aromatic rings. The van der Waals surface area contributed by atoms with Gasteiger partial charge in [0.1, 0.15) is 0 Å². The van der Waals surface area contributed by atoms with Crippen molar-refractivity contribution >= 4 is 0 Å². The molecule has 112 valence electrons. The van der Waals surface area contributed by atoms with Crippen molar-refractivity contribution in [3.8, 4) is 0 Å². The molecule has 0 spiro atoms. The van der Waals surface area contributed by atoms with E-state index in [4.69, 9.17) is 0 Å². The standard InChI is InChI=1S/C17H34N2/c1-3-7-17(13-18-11-4-2)19-12-10-15-8-5-6-9-16(15)14-19/h15-18H,3-14H2,1-2H3. The van der Waals surface area contributed by atoms with Gasteiger partial charge in [0.25, 0.3) is 0 Å². The second-order valence-electron chi connectivity index (χ2n) is 6.73.